The highest BCUT2D eigenvalue weighted by molar-refractivity contribution is 7.26. The molecule has 0 radical (unpaired) electrons. The molecule has 1 aromatic heterocycles. The van der Waals surface area contributed by atoms with E-state index in [1.165, 1.54) is 26.6 Å². The van der Waals surface area contributed by atoms with Crippen LogP contribution in [0.3, 0.4) is 0 Å². The summed E-state index contributed by atoms with van der Waals surface area (Å²) in [6, 6.07) is 22.8. The first-order chi connectivity index (χ1) is 10.9. The molecule has 0 saturated carbocycles. The van der Waals surface area contributed by atoms with Gasteiger partial charge in [-0.25, -0.2) is 0 Å². The van der Waals surface area contributed by atoms with Crippen LogP contribution >= 0.6 is 11.3 Å². The fourth-order valence-electron chi connectivity index (χ4n) is 2.82. The van der Waals surface area contributed by atoms with Gasteiger partial charge in [-0.15, -0.1) is 11.3 Å². The van der Waals surface area contributed by atoms with E-state index in [4.69, 9.17) is 9.68 Å². The standard InChI is InChI=1S/C18H13BO2S/c20-19-21-16-11-5-10-15-14-9-4-8-13(17(14)22-18(15)16)12-6-2-1-3-7-12/h1-11,19-20H. The Hall–Kier alpha value is -2.30. The molecule has 0 aliphatic rings. The summed E-state index contributed by atoms with van der Waals surface area (Å²) in [5.41, 5.74) is 2.44. The normalized spacial score (nSPS) is 11.0. The van der Waals surface area contributed by atoms with E-state index in [-0.39, 0.29) is 7.69 Å². The maximum atomic E-state index is 9.07. The van der Waals surface area contributed by atoms with Gasteiger partial charge in [-0.2, -0.15) is 0 Å². The fraction of sp³-hybridized carbons (Fsp3) is 0. The van der Waals surface area contributed by atoms with E-state index in [0.717, 1.165) is 10.4 Å². The first-order valence-electron chi connectivity index (χ1n) is 7.12. The molecule has 0 unspecified atom stereocenters. The predicted octanol–water partition coefficient (Wildman–Crippen LogP) is 4.36. The van der Waals surface area contributed by atoms with E-state index in [1.54, 1.807) is 11.3 Å². The van der Waals surface area contributed by atoms with Gasteiger partial charge in [-0.3, -0.25) is 0 Å². The Bertz CT molecular complexity index is 947. The van der Waals surface area contributed by atoms with Gasteiger partial charge in [0.05, 0.1) is 4.70 Å². The molecule has 0 aliphatic carbocycles. The van der Waals surface area contributed by atoms with Crippen LogP contribution in [0.5, 0.6) is 5.75 Å². The quantitative estimate of drug-likeness (QED) is 0.570. The highest BCUT2D eigenvalue weighted by atomic mass is 32.1. The van der Waals surface area contributed by atoms with E-state index in [2.05, 4.69) is 48.5 Å². The molecule has 106 valence electrons. The lowest BCUT2D eigenvalue weighted by molar-refractivity contribution is 0.457. The number of hydrogen-bond acceptors (Lipinski definition) is 3. The van der Waals surface area contributed by atoms with Crippen LogP contribution in [0, 0.1) is 0 Å². The van der Waals surface area contributed by atoms with Crippen LogP contribution in [-0.2, 0) is 0 Å². The van der Waals surface area contributed by atoms with Crippen LogP contribution < -0.4 is 4.65 Å². The molecule has 0 fully saturated rings. The topological polar surface area (TPSA) is 29.5 Å². The fourth-order valence-corrected chi connectivity index (χ4v) is 4.13. The number of hydrogen-bond donors (Lipinski definition) is 1. The van der Waals surface area contributed by atoms with E-state index < -0.39 is 0 Å². The Morgan fingerprint density at radius 2 is 1.50 bits per heavy atom. The number of fused-ring (bicyclic) bond motifs is 3. The van der Waals surface area contributed by atoms with Crippen LogP contribution in [0.25, 0.3) is 31.3 Å². The van der Waals surface area contributed by atoms with Gasteiger partial charge in [0.1, 0.15) is 5.75 Å². The van der Waals surface area contributed by atoms with Crippen molar-refractivity contribution in [2.45, 2.75) is 0 Å². The molecule has 2 nitrogen and oxygen atoms in total. The average molecular weight is 304 g/mol. The molecule has 1 heterocycles. The number of thiophene rings is 1. The van der Waals surface area contributed by atoms with E-state index in [1.807, 2.05) is 18.2 Å². The predicted molar refractivity (Wildman–Crippen MR) is 94.8 cm³/mol. The molecule has 0 atom stereocenters. The highest BCUT2D eigenvalue weighted by Gasteiger charge is 2.12. The third kappa shape index (κ3) is 2.08. The Morgan fingerprint density at radius 1 is 0.773 bits per heavy atom. The Morgan fingerprint density at radius 3 is 2.27 bits per heavy atom. The molecule has 0 saturated heterocycles. The molecule has 4 aromatic rings. The molecule has 1 N–H and O–H groups in total. The second-order valence-electron chi connectivity index (χ2n) is 5.06. The minimum absolute atomic E-state index is 0.307. The Kier molecular flexibility index (Phi) is 3.33. The van der Waals surface area contributed by atoms with E-state index >= 15 is 0 Å². The third-order valence-corrected chi connectivity index (χ3v) is 5.06. The summed E-state index contributed by atoms with van der Waals surface area (Å²) in [6.07, 6.45) is 0. The molecule has 22 heavy (non-hydrogen) atoms. The average Bonchev–Trinajstić information content (AvgIpc) is 2.96. The van der Waals surface area contributed by atoms with Gasteiger partial charge in [0.2, 0.25) is 0 Å². The lowest BCUT2D eigenvalue weighted by Crippen LogP contribution is -1.99. The summed E-state index contributed by atoms with van der Waals surface area (Å²) in [6.45, 7) is 0. The SMILES string of the molecule is OBOc1cccc2c1sc1c(-c3ccccc3)cccc12. The second-order valence-corrected chi connectivity index (χ2v) is 6.08. The second kappa shape index (κ2) is 5.48. The molecule has 3 aromatic carbocycles. The van der Waals surface area contributed by atoms with E-state index in [9.17, 15) is 0 Å². The van der Waals surface area contributed by atoms with Crippen molar-refractivity contribution in [2.75, 3.05) is 0 Å². The van der Waals surface area contributed by atoms with Crippen LogP contribution in [0.1, 0.15) is 0 Å². The molecule has 0 aliphatic heterocycles. The minimum Gasteiger partial charge on any atom is -0.538 e. The summed E-state index contributed by atoms with van der Waals surface area (Å²) < 4.78 is 7.69. The third-order valence-electron chi connectivity index (χ3n) is 3.79. The van der Waals surface area contributed by atoms with Crippen molar-refractivity contribution in [2.24, 2.45) is 0 Å². The zero-order chi connectivity index (χ0) is 14.9. The van der Waals surface area contributed by atoms with Gasteiger partial charge < -0.3 is 9.68 Å². The van der Waals surface area contributed by atoms with E-state index in [0.29, 0.717) is 0 Å². The largest absolute Gasteiger partial charge is 0.538 e. The molecule has 0 amide bonds. The van der Waals surface area contributed by atoms with Crippen LogP contribution in [0.2, 0.25) is 0 Å². The van der Waals surface area contributed by atoms with Crippen molar-refractivity contribution in [3.63, 3.8) is 0 Å². The maximum absolute atomic E-state index is 9.07. The molecular formula is C18H13BO2S. The molecule has 4 rings (SSSR count). The van der Waals surface area contributed by atoms with Crippen LogP contribution in [-0.4, -0.2) is 12.7 Å². The van der Waals surface area contributed by atoms with Crippen molar-refractivity contribution in [1.29, 1.82) is 0 Å². The summed E-state index contributed by atoms with van der Waals surface area (Å²) in [5, 5.41) is 11.5. The molecule has 0 spiro atoms. The van der Waals surface area contributed by atoms with Gasteiger partial charge in [0.25, 0.3) is 0 Å². The lowest BCUT2D eigenvalue weighted by Gasteiger charge is -2.02. The minimum atomic E-state index is -0.307. The highest BCUT2D eigenvalue weighted by Crippen LogP contribution is 2.43. The van der Waals surface area contributed by atoms with Crippen molar-refractivity contribution < 1.29 is 9.68 Å². The number of benzene rings is 3. The molecular weight excluding hydrogens is 291 g/mol. The van der Waals surface area contributed by atoms with Crippen molar-refractivity contribution in [1.82, 2.24) is 0 Å². The van der Waals surface area contributed by atoms with Gasteiger partial charge in [-0.1, -0.05) is 60.7 Å². The molecule has 4 heteroatoms. The first-order valence-corrected chi connectivity index (χ1v) is 7.93. The molecule has 0 bridgehead atoms. The van der Waals surface area contributed by atoms with Crippen LogP contribution in [0.15, 0.2) is 66.7 Å². The summed E-state index contributed by atoms with van der Waals surface area (Å²) >= 11 is 1.71. The monoisotopic (exact) mass is 304 g/mol. The van der Waals surface area contributed by atoms with Gasteiger partial charge in [0, 0.05) is 15.5 Å². The lowest BCUT2D eigenvalue weighted by atomic mass is 10.0. The number of rotatable bonds is 3. The Balaban J connectivity index is 2.05. The summed E-state index contributed by atoms with van der Waals surface area (Å²) in [5.74, 6) is 0.736. The first kappa shape index (κ1) is 13.4. The zero-order valence-corrected chi connectivity index (χ0v) is 12.6. The zero-order valence-electron chi connectivity index (χ0n) is 11.8. The Labute approximate surface area is 132 Å². The smallest absolute Gasteiger partial charge is 0.504 e. The summed E-state index contributed by atoms with van der Waals surface area (Å²) in [7, 11) is -0.307. The van der Waals surface area contributed by atoms with Gasteiger partial charge in [-0.05, 0) is 17.2 Å². The van der Waals surface area contributed by atoms with Gasteiger partial charge >= 0.3 is 7.69 Å². The summed E-state index contributed by atoms with van der Waals surface area (Å²) in [4.78, 5) is 0. The van der Waals surface area contributed by atoms with Gasteiger partial charge in [0.15, 0.2) is 0 Å². The van der Waals surface area contributed by atoms with Crippen molar-refractivity contribution in [3.8, 4) is 16.9 Å². The van der Waals surface area contributed by atoms with Crippen molar-refractivity contribution >= 4 is 39.2 Å². The van der Waals surface area contributed by atoms with Crippen molar-refractivity contribution in [3.05, 3.63) is 66.7 Å². The maximum Gasteiger partial charge on any atom is 0.504 e. The van der Waals surface area contributed by atoms with Crippen LogP contribution in [0.4, 0.5) is 0 Å².